The molecule has 1 aliphatic heterocycles. The third-order valence-electron chi connectivity index (χ3n) is 3.86. The smallest absolute Gasteiger partial charge is 0.129 e. The number of fused-ring (bicyclic) bond motifs is 1. The zero-order chi connectivity index (χ0) is 15.5. The Hall–Kier alpha value is -2.36. The Kier molecular flexibility index (Phi) is 4.09. The summed E-state index contributed by atoms with van der Waals surface area (Å²) in [5.74, 6) is 2.52. The van der Waals surface area contributed by atoms with Gasteiger partial charge in [-0.1, -0.05) is 6.07 Å². The van der Waals surface area contributed by atoms with Gasteiger partial charge in [-0.25, -0.2) is 0 Å². The van der Waals surface area contributed by atoms with Crippen molar-refractivity contribution in [1.82, 2.24) is 0 Å². The van der Waals surface area contributed by atoms with E-state index in [1.807, 2.05) is 31.2 Å². The number of aryl methyl sites for hydroxylation is 1. The van der Waals surface area contributed by atoms with Crippen molar-refractivity contribution in [3.8, 4) is 23.0 Å². The second kappa shape index (κ2) is 6.18. The normalized spacial score (nSPS) is 16.5. The van der Waals surface area contributed by atoms with Gasteiger partial charge in [-0.3, -0.25) is 0 Å². The number of phenols is 1. The molecule has 1 atom stereocenters. The van der Waals surface area contributed by atoms with Crippen LogP contribution >= 0.6 is 0 Å². The van der Waals surface area contributed by atoms with Crippen molar-refractivity contribution in [1.29, 1.82) is 0 Å². The fourth-order valence-electron chi connectivity index (χ4n) is 2.79. The van der Waals surface area contributed by atoms with Crippen molar-refractivity contribution in [3.05, 3.63) is 47.5 Å². The molecule has 3 rings (SSSR count). The van der Waals surface area contributed by atoms with E-state index in [-0.39, 0.29) is 11.9 Å². The molecule has 0 bridgehead atoms. The van der Waals surface area contributed by atoms with Gasteiger partial charge in [-0.05, 0) is 43.5 Å². The van der Waals surface area contributed by atoms with Gasteiger partial charge in [-0.15, -0.1) is 0 Å². The Bertz CT molecular complexity index is 666. The third kappa shape index (κ3) is 2.82. The number of rotatable bonds is 4. The highest BCUT2D eigenvalue weighted by molar-refractivity contribution is 5.46. The summed E-state index contributed by atoms with van der Waals surface area (Å²) in [5.41, 5.74) is 2.12. The highest BCUT2D eigenvalue weighted by Crippen LogP contribution is 2.40. The van der Waals surface area contributed by atoms with E-state index in [1.54, 1.807) is 19.2 Å². The van der Waals surface area contributed by atoms with Crippen LogP contribution in [0.1, 0.15) is 30.6 Å². The van der Waals surface area contributed by atoms with Gasteiger partial charge >= 0.3 is 0 Å². The van der Waals surface area contributed by atoms with Crippen molar-refractivity contribution in [2.45, 2.75) is 25.9 Å². The molecular weight excluding hydrogens is 280 g/mol. The highest BCUT2D eigenvalue weighted by Gasteiger charge is 2.24. The average Bonchev–Trinajstić information content (AvgIpc) is 2.54. The van der Waals surface area contributed by atoms with Gasteiger partial charge in [0, 0.05) is 17.7 Å². The maximum atomic E-state index is 9.62. The topological polar surface area (TPSA) is 47.9 Å². The van der Waals surface area contributed by atoms with E-state index in [1.165, 1.54) is 0 Å². The molecule has 0 spiro atoms. The second-order valence-corrected chi connectivity index (χ2v) is 5.27. The van der Waals surface area contributed by atoms with Gasteiger partial charge in [0.25, 0.3) is 0 Å². The first-order valence-corrected chi connectivity index (χ1v) is 7.50. The number of benzene rings is 2. The van der Waals surface area contributed by atoms with E-state index in [4.69, 9.17) is 14.2 Å². The van der Waals surface area contributed by atoms with Gasteiger partial charge in [-0.2, -0.15) is 0 Å². The molecule has 2 aromatic carbocycles. The van der Waals surface area contributed by atoms with Crippen molar-refractivity contribution in [2.75, 3.05) is 13.7 Å². The molecule has 0 saturated heterocycles. The van der Waals surface area contributed by atoms with E-state index < -0.39 is 0 Å². The molecule has 1 aliphatic rings. The molecule has 1 unspecified atom stereocenters. The molecule has 0 saturated carbocycles. The van der Waals surface area contributed by atoms with Crippen LogP contribution < -0.4 is 14.2 Å². The summed E-state index contributed by atoms with van der Waals surface area (Å²) in [5, 5.41) is 9.62. The Morgan fingerprint density at radius 3 is 2.86 bits per heavy atom. The molecule has 0 amide bonds. The molecule has 0 fully saturated rings. The standard InChI is InChI=1S/C18H20O4/c1-3-21-14-7-8-15(18(11-14)20-2)16-9-5-12-4-6-13(19)10-17(12)22-16/h4,6-8,10-11,16,19H,3,5,9H2,1-2H3. The number of hydrogen-bond donors (Lipinski definition) is 1. The lowest BCUT2D eigenvalue weighted by atomic mass is 9.96. The van der Waals surface area contributed by atoms with Crippen LogP contribution in [-0.2, 0) is 6.42 Å². The SMILES string of the molecule is CCOc1ccc(C2CCc3ccc(O)cc3O2)c(OC)c1. The largest absolute Gasteiger partial charge is 0.508 e. The van der Waals surface area contributed by atoms with Crippen LogP contribution in [0.15, 0.2) is 36.4 Å². The highest BCUT2D eigenvalue weighted by atomic mass is 16.5. The molecule has 116 valence electrons. The molecule has 1 N–H and O–H groups in total. The summed E-state index contributed by atoms with van der Waals surface area (Å²) in [6.45, 7) is 2.57. The number of ether oxygens (including phenoxy) is 3. The monoisotopic (exact) mass is 300 g/mol. The van der Waals surface area contributed by atoms with Crippen LogP contribution in [0.4, 0.5) is 0 Å². The predicted molar refractivity (Wildman–Crippen MR) is 84.0 cm³/mol. The zero-order valence-corrected chi connectivity index (χ0v) is 12.8. The van der Waals surface area contributed by atoms with Crippen LogP contribution in [0.25, 0.3) is 0 Å². The molecule has 2 aromatic rings. The third-order valence-corrected chi connectivity index (χ3v) is 3.86. The lowest BCUT2D eigenvalue weighted by molar-refractivity contribution is 0.171. The van der Waals surface area contributed by atoms with E-state index >= 15 is 0 Å². The van der Waals surface area contributed by atoms with E-state index in [9.17, 15) is 5.11 Å². The number of aromatic hydroxyl groups is 1. The second-order valence-electron chi connectivity index (χ2n) is 5.27. The van der Waals surface area contributed by atoms with Gasteiger partial charge in [0.2, 0.25) is 0 Å². The van der Waals surface area contributed by atoms with Crippen molar-refractivity contribution >= 4 is 0 Å². The van der Waals surface area contributed by atoms with Crippen LogP contribution in [0.5, 0.6) is 23.0 Å². The molecular formula is C18H20O4. The van der Waals surface area contributed by atoms with E-state index in [0.29, 0.717) is 6.61 Å². The fraction of sp³-hybridized carbons (Fsp3) is 0.333. The summed E-state index contributed by atoms with van der Waals surface area (Å²) in [4.78, 5) is 0. The minimum atomic E-state index is -0.0834. The van der Waals surface area contributed by atoms with Crippen molar-refractivity contribution in [2.24, 2.45) is 0 Å². The Labute approximate surface area is 130 Å². The summed E-state index contributed by atoms with van der Waals surface area (Å²) < 4.78 is 17.1. The first kappa shape index (κ1) is 14.6. The molecule has 22 heavy (non-hydrogen) atoms. The average molecular weight is 300 g/mol. The summed E-state index contributed by atoms with van der Waals surface area (Å²) >= 11 is 0. The minimum absolute atomic E-state index is 0.0834. The molecule has 0 radical (unpaired) electrons. The first-order valence-electron chi connectivity index (χ1n) is 7.50. The lowest BCUT2D eigenvalue weighted by Crippen LogP contribution is -2.16. The lowest BCUT2D eigenvalue weighted by Gasteiger charge is -2.27. The number of hydrogen-bond acceptors (Lipinski definition) is 4. The Balaban J connectivity index is 1.88. The van der Waals surface area contributed by atoms with Crippen LogP contribution in [0, 0.1) is 0 Å². The van der Waals surface area contributed by atoms with Crippen molar-refractivity contribution < 1.29 is 19.3 Å². The van der Waals surface area contributed by atoms with Gasteiger partial charge < -0.3 is 19.3 Å². The van der Waals surface area contributed by atoms with Crippen LogP contribution in [0.2, 0.25) is 0 Å². The Morgan fingerprint density at radius 1 is 1.23 bits per heavy atom. The zero-order valence-electron chi connectivity index (χ0n) is 12.8. The maximum Gasteiger partial charge on any atom is 0.129 e. The minimum Gasteiger partial charge on any atom is -0.508 e. The van der Waals surface area contributed by atoms with Crippen LogP contribution in [0.3, 0.4) is 0 Å². The summed E-state index contributed by atoms with van der Waals surface area (Å²) in [7, 11) is 1.65. The quantitative estimate of drug-likeness (QED) is 0.931. The van der Waals surface area contributed by atoms with E-state index in [2.05, 4.69) is 0 Å². The molecule has 0 aliphatic carbocycles. The molecule has 4 nitrogen and oxygen atoms in total. The predicted octanol–water partition coefficient (Wildman–Crippen LogP) is 3.87. The van der Waals surface area contributed by atoms with E-state index in [0.717, 1.165) is 41.2 Å². The maximum absolute atomic E-state index is 9.62. The molecule has 1 heterocycles. The van der Waals surface area contributed by atoms with Gasteiger partial charge in [0.15, 0.2) is 0 Å². The molecule has 0 aromatic heterocycles. The summed E-state index contributed by atoms with van der Waals surface area (Å²) in [6, 6.07) is 11.1. The van der Waals surface area contributed by atoms with Gasteiger partial charge in [0.05, 0.1) is 13.7 Å². The fourth-order valence-corrected chi connectivity index (χ4v) is 2.79. The van der Waals surface area contributed by atoms with Crippen LogP contribution in [-0.4, -0.2) is 18.8 Å². The number of phenolic OH excluding ortho intramolecular Hbond substituents is 1. The summed E-state index contributed by atoms with van der Waals surface area (Å²) in [6.07, 6.45) is 1.71. The van der Waals surface area contributed by atoms with Gasteiger partial charge in [0.1, 0.15) is 29.1 Å². The molecule has 4 heteroatoms. The number of methoxy groups -OCH3 is 1. The van der Waals surface area contributed by atoms with Crippen molar-refractivity contribution in [3.63, 3.8) is 0 Å². The first-order chi connectivity index (χ1) is 10.7. The Morgan fingerprint density at radius 2 is 2.09 bits per heavy atom.